The van der Waals surface area contributed by atoms with Crippen molar-refractivity contribution in [1.29, 1.82) is 0 Å². The Balaban J connectivity index is 1.84. The fourth-order valence-electron chi connectivity index (χ4n) is 3.35. The Kier molecular flexibility index (Phi) is 2.83. The molecule has 3 aliphatic heterocycles. The molecule has 0 aromatic heterocycles. The van der Waals surface area contributed by atoms with Crippen LogP contribution >= 0.6 is 0 Å². The minimum Gasteiger partial charge on any atom is -0.464 e. The Morgan fingerprint density at radius 1 is 1.14 bits per heavy atom. The van der Waals surface area contributed by atoms with E-state index in [1.54, 1.807) is 0 Å². The van der Waals surface area contributed by atoms with Crippen LogP contribution in [0.15, 0.2) is 24.3 Å². The van der Waals surface area contributed by atoms with Crippen molar-refractivity contribution in [2.24, 2.45) is 0 Å². The summed E-state index contributed by atoms with van der Waals surface area (Å²) in [5.41, 5.74) is 1.33. The van der Waals surface area contributed by atoms with Gasteiger partial charge < -0.3 is 14.2 Å². The zero-order valence-corrected chi connectivity index (χ0v) is 12.4. The second kappa shape index (κ2) is 4.54. The fraction of sp³-hybridized carbons (Fsp3) is 0.500. The number of ether oxygens (including phenoxy) is 3. The summed E-state index contributed by atoms with van der Waals surface area (Å²) in [6.07, 6.45) is 0.0834. The Labute approximate surface area is 127 Å². The predicted molar refractivity (Wildman–Crippen MR) is 76.1 cm³/mol. The standard InChI is InChI=1S/C16H17NO5/c1-9-10(2)22-16(21-9)11-5-3-4-6-12(11)17(15(16)19)13-7-8-20-14(13)18/h3-6,9-10,13H,7-8H2,1-2H3/t9-,10+,13-,16?/m0/s1. The molecule has 1 unspecified atom stereocenters. The molecule has 2 fully saturated rings. The monoisotopic (exact) mass is 303 g/mol. The molecule has 3 aliphatic rings. The summed E-state index contributed by atoms with van der Waals surface area (Å²) < 4.78 is 16.9. The number of esters is 1. The maximum absolute atomic E-state index is 13.1. The molecule has 2 saturated heterocycles. The van der Waals surface area contributed by atoms with Gasteiger partial charge in [0.05, 0.1) is 24.5 Å². The molecule has 1 spiro atoms. The molecular formula is C16H17NO5. The molecule has 116 valence electrons. The number of rotatable bonds is 1. The van der Waals surface area contributed by atoms with Crippen LogP contribution < -0.4 is 4.90 Å². The lowest BCUT2D eigenvalue weighted by molar-refractivity contribution is -0.189. The van der Waals surface area contributed by atoms with Crippen molar-refractivity contribution in [3.63, 3.8) is 0 Å². The lowest BCUT2D eigenvalue weighted by Crippen LogP contribution is -2.47. The van der Waals surface area contributed by atoms with Gasteiger partial charge >= 0.3 is 5.97 Å². The molecule has 0 N–H and O–H groups in total. The van der Waals surface area contributed by atoms with Crippen LogP contribution in [0.25, 0.3) is 0 Å². The van der Waals surface area contributed by atoms with Crippen LogP contribution in [0, 0.1) is 0 Å². The molecule has 3 heterocycles. The first-order chi connectivity index (χ1) is 10.5. The minimum atomic E-state index is -1.43. The van der Waals surface area contributed by atoms with E-state index < -0.39 is 11.8 Å². The van der Waals surface area contributed by atoms with Crippen LogP contribution in [0.1, 0.15) is 25.8 Å². The summed E-state index contributed by atoms with van der Waals surface area (Å²) in [4.78, 5) is 26.5. The molecule has 4 rings (SSSR count). The van der Waals surface area contributed by atoms with E-state index in [0.717, 1.165) is 0 Å². The number of benzene rings is 1. The van der Waals surface area contributed by atoms with Gasteiger partial charge in [-0.25, -0.2) is 4.79 Å². The van der Waals surface area contributed by atoms with E-state index in [1.165, 1.54) is 4.90 Å². The molecule has 0 saturated carbocycles. The van der Waals surface area contributed by atoms with Crippen molar-refractivity contribution in [2.45, 2.75) is 44.3 Å². The summed E-state index contributed by atoms with van der Waals surface area (Å²) in [6, 6.07) is 6.70. The van der Waals surface area contributed by atoms with E-state index >= 15 is 0 Å². The van der Waals surface area contributed by atoms with Gasteiger partial charge in [0.15, 0.2) is 0 Å². The summed E-state index contributed by atoms with van der Waals surface area (Å²) in [5.74, 6) is -2.15. The number of fused-ring (bicyclic) bond motifs is 2. The maximum atomic E-state index is 13.1. The summed E-state index contributed by atoms with van der Waals surface area (Å²) in [5, 5.41) is 0. The highest BCUT2D eigenvalue weighted by atomic mass is 16.8. The van der Waals surface area contributed by atoms with Crippen LogP contribution in [0.2, 0.25) is 0 Å². The minimum absolute atomic E-state index is 0.201. The summed E-state index contributed by atoms with van der Waals surface area (Å²) in [6.45, 7) is 4.08. The highest BCUT2D eigenvalue weighted by Crippen LogP contribution is 2.49. The van der Waals surface area contributed by atoms with Crippen LogP contribution in [0.3, 0.4) is 0 Å². The number of carbonyl (C=O) groups is 2. The molecule has 1 amide bonds. The molecule has 6 heteroatoms. The third-order valence-corrected chi connectivity index (χ3v) is 4.60. The topological polar surface area (TPSA) is 65.1 Å². The smallest absolute Gasteiger partial charge is 0.329 e. The predicted octanol–water partition coefficient (Wildman–Crippen LogP) is 1.33. The van der Waals surface area contributed by atoms with Gasteiger partial charge in [-0.05, 0) is 19.9 Å². The molecule has 1 aromatic rings. The van der Waals surface area contributed by atoms with Gasteiger partial charge in [-0.2, -0.15) is 0 Å². The molecule has 0 bridgehead atoms. The quantitative estimate of drug-likeness (QED) is 0.732. The molecule has 0 aliphatic carbocycles. The maximum Gasteiger partial charge on any atom is 0.329 e. The van der Waals surface area contributed by atoms with Gasteiger partial charge in [0, 0.05) is 12.0 Å². The molecule has 1 aromatic carbocycles. The summed E-state index contributed by atoms with van der Waals surface area (Å²) >= 11 is 0. The van der Waals surface area contributed by atoms with Gasteiger partial charge in [0.2, 0.25) is 0 Å². The van der Waals surface area contributed by atoms with Crippen molar-refractivity contribution in [3.05, 3.63) is 29.8 Å². The molecule has 6 nitrogen and oxygen atoms in total. The van der Waals surface area contributed by atoms with Crippen molar-refractivity contribution < 1.29 is 23.8 Å². The highest BCUT2D eigenvalue weighted by molar-refractivity contribution is 6.10. The highest BCUT2D eigenvalue weighted by Gasteiger charge is 2.61. The molecule has 4 atom stereocenters. The lowest BCUT2D eigenvalue weighted by Gasteiger charge is -2.25. The first-order valence-corrected chi connectivity index (χ1v) is 7.50. The number of para-hydroxylation sites is 1. The van der Waals surface area contributed by atoms with Gasteiger partial charge in [0.25, 0.3) is 11.7 Å². The van der Waals surface area contributed by atoms with Gasteiger partial charge in [-0.3, -0.25) is 9.69 Å². The Bertz CT molecular complexity index is 648. The Hall–Kier alpha value is -1.92. The van der Waals surface area contributed by atoms with Crippen molar-refractivity contribution in [1.82, 2.24) is 0 Å². The van der Waals surface area contributed by atoms with Crippen LogP contribution in [-0.4, -0.2) is 36.7 Å². The number of carbonyl (C=O) groups excluding carboxylic acids is 2. The number of hydrogen-bond acceptors (Lipinski definition) is 5. The van der Waals surface area contributed by atoms with Crippen molar-refractivity contribution in [2.75, 3.05) is 11.5 Å². The zero-order chi connectivity index (χ0) is 15.5. The van der Waals surface area contributed by atoms with Gasteiger partial charge in [-0.15, -0.1) is 0 Å². The van der Waals surface area contributed by atoms with Gasteiger partial charge in [0.1, 0.15) is 6.04 Å². The first-order valence-electron chi connectivity index (χ1n) is 7.50. The normalized spacial score (nSPS) is 37.0. The first kappa shape index (κ1) is 13.7. The van der Waals surface area contributed by atoms with Crippen molar-refractivity contribution in [3.8, 4) is 0 Å². The van der Waals surface area contributed by atoms with E-state index in [1.807, 2.05) is 38.1 Å². The third kappa shape index (κ3) is 1.62. The molecule has 22 heavy (non-hydrogen) atoms. The zero-order valence-electron chi connectivity index (χ0n) is 12.4. The largest absolute Gasteiger partial charge is 0.464 e. The average molecular weight is 303 g/mol. The third-order valence-electron chi connectivity index (χ3n) is 4.60. The Morgan fingerprint density at radius 3 is 2.45 bits per heavy atom. The number of cyclic esters (lactones) is 1. The number of amides is 1. The SMILES string of the molecule is C[C@@H]1OC2(O[C@@H]1C)C(=O)N([C@H]1CCOC1=O)c1ccccc12. The number of hydrogen-bond donors (Lipinski definition) is 0. The lowest BCUT2D eigenvalue weighted by atomic mass is 10.1. The average Bonchev–Trinajstić information content (AvgIpc) is 3.11. The fourth-order valence-corrected chi connectivity index (χ4v) is 3.35. The van der Waals surface area contributed by atoms with Gasteiger partial charge in [-0.1, -0.05) is 18.2 Å². The second-order valence-electron chi connectivity index (χ2n) is 5.93. The van der Waals surface area contributed by atoms with Crippen molar-refractivity contribution >= 4 is 17.6 Å². The molecular weight excluding hydrogens is 286 g/mol. The Morgan fingerprint density at radius 2 is 1.82 bits per heavy atom. The van der Waals surface area contributed by atoms with E-state index in [9.17, 15) is 9.59 Å². The van der Waals surface area contributed by atoms with E-state index in [4.69, 9.17) is 14.2 Å². The second-order valence-corrected chi connectivity index (χ2v) is 5.93. The molecule has 0 radical (unpaired) electrons. The van der Waals surface area contributed by atoms with E-state index in [-0.39, 0.29) is 24.1 Å². The number of nitrogens with zero attached hydrogens (tertiary/aromatic N) is 1. The van der Waals surface area contributed by atoms with Crippen LogP contribution in [-0.2, 0) is 29.6 Å². The van der Waals surface area contributed by atoms with E-state index in [0.29, 0.717) is 24.3 Å². The van der Waals surface area contributed by atoms with Crippen LogP contribution in [0.4, 0.5) is 5.69 Å². The summed E-state index contributed by atoms with van der Waals surface area (Å²) in [7, 11) is 0. The van der Waals surface area contributed by atoms with Crippen LogP contribution in [0.5, 0.6) is 0 Å². The van der Waals surface area contributed by atoms with E-state index in [2.05, 4.69) is 0 Å². The number of anilines is 1.